The summed E-state index contributed by atoms with van der Waals surface area (Å²) >= 11 is 0. The fourth-order valence-corrected chi connectivity index (χ4v) is 3.79. The highest BCUT2D eigenvalue weighted by Crippen LogP contribution is 2.33. The lowest BCUT2D eigenvalue weighted by atomic mass is 9.78. The number of aliphatic hydroxyl groups is 1. The number of nitrogens with one attached hydrogen (secondary N) is 1. The summed E-state index contributed by atoms with van der Waals surface area (Å²) < 4.78 is 0. The Balaban J connectivity index is 1.92. The second kappa shape index (κ2) is 7.99. The SMILES string of the molecule is CCCNC(=O)CN1CCCCC1C1CCCCC1O. The molecule has 3 unspecified atom stereocenters. The number of amides is 1. The molecule has 2 N–H and O–H groups in total. The van der Waals surface area contributed by atoms with Gasteiger partial charge in [-0.3, -0.25) is 9.69 Å². The molecule has 1 amide bonds. The Morgan fingerprint density at radius 2 is 1.95 bits per heavy atom. The molecule has 0 aromatic heterocycles. The van der Waals surface area contributed by atoms with Crippen LogP contribution < -0.4 is 5.32 Å². The molecule has 0 radical (unpaired) electrons. The van der Waals surface area contributed by atoms with E-state index in [1.54, 1.807) is 0 Å². The second-order valence-electron chi connectivity index (χ2n) is 6.40. The van der Waals surface area contributed by atoms with Crippen molar-refractivity contribution in [3.8, 4) is 0 Å². The van der Waals surface area contributed by atoms with Crippen molar-refractivity contribution >= 4 is 5.91 Å². The van der Waals surface area contributed by atoms with E-state index in [9.17, 15) is 9.90 Å². The molecule has 0 aromatic carbocycles. The van der Waals surface area contributed by atoms with Gasteiger partial charge in [-0.25, -0.2) is 0 Å². The summed E-state index contributed by atoms with van der Waals surface area (Å²) in [6, 6.07) is 0.409. The number of hydrogen-bond acceptors (Lipinski definition) is 3. The minimum atomic E-state index is -0.159. The van der Waals surface area contributed by atoms with Gasteiger partial charge in [0.25, 0.3) is 0 Å². The smallest absolute Gasteiger partial charge is 0.234 e. The van der Waals surface area contributed by atoms with Crippen LogP contribution in [0, 0.1) is 5.92 Å². The lowest BCUT2D eigenvalue weighted by Gasteiger charge is -2.43. The molecule has 3 atom stereocenters. The van der Waals surface area contributed by atoms with E-state index in [-0.39, 0.29) is 12.0 Å². The van der Waals surface area contributed by atoms with E-state index in [2.05, 4.69) is 17.1 Å². The summed E-state index contributed by atoms with van der Waals surface area (Å²) in [6.07, 6.45) is 8.83. The second-order valence-corrected chi connectivity index (χ2v) is 6.40. The highest BCUT2D eigenvalue weighted by molar-refractivity contribution is 5.78. The van der Waals surface area contributed by atoms with Crippen LogP contribution in [-0.2, 0) is 4.79 Å². The molecule has 1 saturated heterocycles. The van der Waals surface area contributed by atoms with E-state index in [1.165, 1.54) is 19.3 Å². The Bertz CT molecular complexity index is 309. The first-order valence-electron chi connectivity index (χ1n) is 8.41. The summed E-state index contributed by atoms with van der Waals surface area (Å²) in [6.45, 7) is 4.35. The maximum Gasteiger partial charge on any atom is 0.234 e. The molecule has 0 bridgehead atoms. The molecule has 1 aliphatic heterocycles. The number of nitrogens with zero attached hydrogens (tertiary/aromatic N) is 1. The zero-order valence-corrected chi connectivity index (χ0v) is 12.8. The van der Waals surface area contributed by atoms with E-state index >= 15 is 0 Å². The molecule has 2 rings (SSSR count). The fraction of sp³-hybridized carbons (Fsp3) is 0.938. The number of likely N-dealkylation sites (tertiary alicyclic amines) is 1. The van der Waals surface area contributed by atoms with E-state index in [1.807, 2.05) is 0 Å². The van der Waals surface area contributed by atoms with E-state index < -0.39 is 0 Å². The molecule has 1 heterocycles. The van der Waals surface area contributed by atoms with Gasteiger partial charge in [-0.15, -0.1) is 0 Å². The summed E-state index contributed by atoms with van der Waals surface area (Å²) in [5, 5.41) is 13.3. The largest absolute Gasteiger partial charge is 0.393 e. The van der Waals surface area contributed by atoms with Crippen molar-refractivity contribution in [1.82, 2.24) is 10.2 Å². The first kappa shape index (κ1) is 15.8. The van der Waals surface area contributed by atoms with Gasteiger partial charge in [0.2, 0.25) is 5.91 Å². The summed E-state index contributed by atoms with van der Waals surface area (Å²) in [4.78, 5) is 14.3. The van der Waals surface area contributed by atoms with Gasteiger partial charge >= 0.3 is 0 Å². The van der Waals surface area contributed by atoms with Gasteiger partial charge in [-0.05, 0) is 38.6 Å². The predicted octanol–water partition coefficient (Wildman–Crippen LogP) is 1.92. The number of carbonyl (C=O) groups excluding carboxylic acids is 1. The molecule has 20 heavy (non-hydrogen) atoms. The molecule has 1 saturated carbocycles. The first-order valence-corrected chi connectivity index (χ1v) is 8.41. The summed E-state index contributed by atoms with van der Waals surface area (Å²) in [5.74, 6) is 0.520. The normalized spacial score (nSPS) is 32.0. The fourth-order valence-electron chi connectivity index (χ4n) is 3.79. The van der Waals surface area contributed by atoms with Gasteiger partial charge in [0.15, 0.2) is 0 Å². The zero-order valence-electron chi connectivity index (χ0n) is 12.8. The third-order valence-electron chi connectivity index (χ3n) is 4.86. The van der Waals surface area contributed by atoms with Crippen molar-refractivity contribution in [2.75, 3.05) is 19.6 Å². The summed E-state index contributed by atoms with van der Waals surface area (Å²) in [5.41, 5.74) is 0. The molecule has 116 valence electrons. The third kappa shape index (κ3) is 4.19. The molecule has 0 aromatic rings. The Labute approximate surface area is 122 Å². The van der Waals surface area contributed by atoms with E-state index in [0.29, 0.717) is 18.5 Å². The summed E-state index contributed by atoms with van der Waals surface area (Å²) in [7, 11) is 0. The maximum atomic E-state index is 12.0. The number of rotatable bonds is 5. The van der Waals surface area contributed by atoms with Crippen LogP contribution in [0.1, 0.15) is 58.3 Å². The standard InChI is InChI=1S/C16H30N2O2/c1-2-10-17-16(20)12-18-11-6-5-8-14(18)13-7-3-4-9-15(13)19/h13-15,19H,2-12H2,1H3,(H,17,20). The van der Waals surface area contributed by atoms with E-state index in [4.69, 9.17) is 0 Å². The number of aliphatic hydroxyl groups excluding tert-OH is 1. The lowest BCUT2D eigenvalue weighted by Crippen LogP contribution is -2.51. The Morgan fingerprint density at radius 1 is 1.20 bits per heavy atom. The third-order valence-corrected chi connectivity index (χ3v) is 4.86. The Kier molecular flexibility index (Phi) is 6.30. The van der Waals surface area contributed by atoms with Crippen LogP contribution in [-0.4, -0.2) is 47.7 Å². The molecule has 2 fully saturated rings. The minimum absolute atomic E-state index is 0.143. The molecular formula is C16H30N2O2. The number of hydrogen-bond donors (Lipinski definition) is 2. The van der Waals surface area contributed by atoms with Crippen LogP contribution in [0.2, 0.25) is 0 Å². The number of piperidine rings is 1. The minimum Gasteiger partial charge on any atom is -0.393 e. The Hall–Kier alpha value is -0.610. The quantitative estimate of drug-likeness (QED) is 0.810. The maximum absolute atomic E-state index is 12.0. The van der Waals surface area contributed by atoms with Crippen LogP contribution in [0.5, 0.6) is 0 Å². The van der Waals surface area contributed by atoms with Gasteiger partial charge in [-0.2, -0.15) is 0 Å². The van der Waals surface area contributed by atoms with Gasteiger partial charge in [0.1, 0.15) is 0 Å². The highest BCUT2D eigenvalue weighted by atomic mass is 16.3. The average molecular weight is 282 g/mol. The lowest BCUT2D eigenvalue weighted by molar-refractivity contribution is -0.124. The van der Waals surface area contributed by atoms with Crippen LogP contribution in [0.25, 0.3) is 0 Å². The van der Waals surface area contributed by atoms with Crippen molar-refractivity contribution < 1.29 is 9.90 Å². The van der Waals surface area contributed by atoms with Gasteiger partial charge in [0.05, 0.1) is 12.6 Å². The van der Waals surface area contributed by atoms with Gasteiger partial charge < -0.3 is 10.4 Å². The van der Waals surface area contributed by atoms with Gasteiger partial charge in [0, 0.05) is 18.5 Å². The van der Waals surface area contributed by atoms with Crippen molar-refractivity contribution in [3.63, 3.8) is 0 Å². The molecule has 4 heteroatoms. The molecule has 0 spiro atoms. The Morgan fingerprint density at radius 3 is 2.70 bits per heavy atom. The zero-order chi connectivity index (χ0) is 14.4. The van der Waals surface area contributed by atoms with Crippen molar-refractivity contribution in [3.05, 3.63) is 0 Å². The van der Waals surface area contributed by atoms with Crippen LogP contribution >= 0.6 is 0 Å². The molecule has 4 nitrogen and oxygen atoms in total. The van der Waals surface area contributed by atoms with Crippen molar-refractivity contribution in [2.24, 2.45) is 5.92 Å². The molecule has 1 aliphatic carbocycles. The van der Waals surface area contributed by atoms with Crippen LogP contribution in [0.4, 0.5) is 0 Å². The highest BCUT2D eigenvalue weighted by Gasteiger charge is 2.35. The number of carbonyl (C=O) groups is 1. The van der Waals surface area contributed by atoms with Crippen LogP contribution in [0.3, 0.4) is 0 Å². The van der Waals surface area contributed by atoms with Crippen molar-refractivity contribution in [1.29, 1.82) is 0 Å². The molecule has 2 aliphatic rings. The van der Waals surface area contributed by atoms with Crippen molar-refractivity contribution in [2.45, 2.75) is 70.4 Å². The molecular weight excluding hydrogens is 252 g/mol. The first-order chi connectivity index (χ1) is 9.72. The average Bonchev–Trinajstić information content (AvgIpc) is 2.46. The monoisotopic (exact) mass is 282 g/mol. The predicted molar refractivity (Wildman–Crippen MR) is 80.5 cm³/mol. The topological polar surface area (TPSA) is 52.6 Å². The van der Waals surface area contributed by atoms with Crippen LogP contribution in [0.15, 0.2) is 0 Å². The van der Waals surface area contributed by atoms with E-state index in [0.717, 1.165) is 45.2 Å². The van der Waals surface area contributed by atoms with Gasteiger partial charge in [-0.1, -0.05) is 26.2 Å².